The molecule has 34 heavy (non-hydrogen) atoms. The first kappa shape index (κ1) is 22.3. The molecule has 0 amide bonds. The average molecular weight is 476 g/mol. The van der Waals surface area contributed by atoms with Gasteiger partial charge in [-0.15, -0.1) is 0 Å². The van der Waals surface area contributed by atoms with Crippen LogP contribution in [0.25, 0.3) is 0 Å². The van der Waals surface area contributed by atoms with Crippen molar-refractivity contribution >= 4 is 23.4 Å². The number of hydrogen-bond acceptors (Lipinski definition) is 7. The monoisotopic (exact) mass is 475 g/mol. The summed E-state index contributed by atoms with van der Waals surface area (Å²) in [6.45, 7) is 0. The minimum Gasteiger partial charge on any atom is -0.493 e. The van der Waals surface area contributed by atoms with E-state index in [1.807, 2.05) is 42.5 Å². The lowest BCUT2D eigenvalue weighted by atomic mass is 9.76. The number of thioether (sulfide) groups is 1. The summed E-state index contributed by atoms with van der Waals surface area (Å²) in [6, 6.07) is 15.6. The third kappa shape index (κ3) is 4.09. The highest BCUT2D eigenvalue weighted by atomic mass is 32.2. The SMILES string of the molecule is COc1ccc([C@H]2C3=C(CCCC3=O)Nc3nc(SCc4ccccc4)[nH]c(=O)c32)cc1OC. The van der Waals surface area contributed by atoms with Gasteiger partial charge in [0.05, 0.1) is 19.8 Å². The Morgan fingerprint density at radius 2 is 1.82 bits per heavy atom. The number of aromatic nitrogens is 2. The standard InChI is InChI=1S/C26H25N3O4S/c1-32-19-12-11-16(13-20(19)33-2)21-22-17(9-6-10-18(22)30)27-24-23(21)25(31)29-26(28-24)34-14-15-7-4-3-5-8-15/h3-5,7-8,11-13,21H,6,9-10,14H2,1-2H3,(H2,27,28,29,31)/t21-/m0/s1. The minimum atomic E-state index is -0.525. The molecule has 5 rings (SSSR count). The maximum Gasteiger partial charge on any atom is 0.257 e. The number of Topliss-reactive ketones (excluding diaryl/α,β-unsaturated/α-hetero) is 1. The van der Waals surface area contributed by atoms with E-state index >= 15 is 0 Å². The van der Waals surface area contributed by atoms with E-state index in [1.165, 1.54) is 11.8 Å². The number of nitrogens with zero attached hydrogens (tertiary/aromatic N) is 1. The van der Waals surface area contributed by atoms with E-state index in [-0.39, 0.29) is 11.3 Å². The molecule has 0 fully saturated rings. The van der Waals surface area contributed by atoms with Crippen LogP contribution in [-0.4, -0.2) is 30.0 Å². The number of nitrogens with one attached hydrogen (secondary N) is 2. The van der Waals surface area contributed by atoms with Crippen LogP contribution < -0.4 is 20.3 Å². The van der Waals surface area contributed by atoms with Crippen molar-refractivity contribution in [3.8, 4) is 11.5 Å². The first-order valence-electron chi connectivity index (χ1n) is 11.1. The van der Waals surface area contributed by atoms with Crippen molar-refractivity contribution in [2.24, 2.45) is 0 Å². The molecule has 1 aliphatic carbocycles. The fourth-order valence-electron chi connectivity index (χ4n) is 4.60. The van der Waals surface area contributed by atoms with Crippen LogP contribution in [0.4, 0.5) is 5.82 Å². The zero-order valence-electron chi connectivity index (χ0n) is 19.0. The van der Waals surface area contributed by atoms with Crippen LogP contribution in [0.3, 0.4) is 0 Å². The summed E-state index contributed by atoms with van der Waals surface area (Å²) in [7, 11) is 3.14. The Morgan fingerprint density at radius 3 is 2.59 bits per heavy atom. The molecule has 174 valence electrons. The number of benzene rings is 2. The summed E-state index contributed by atoms with van der Waals surface area (Å²) in [5.74, 6) is 1.86. The van der Waals surface area contributed by atoms with E-state index in [4.69, 9.17) is 14.5 Å². The first-order valence-corrected chi connectivity index (χ1v) is 12.1. The molecule has 0 unspecified atom stereocenters. The third-order valence-corrected chi connectivity index (χ3v) is 7.14. The number of carbonyl (C=O) groups is 1. The molecule has 2 heterocycles. The number of ketones is 1. The maximum absolute atomic E-state index is 13.4. The third-order valence-electron chi connectivity index (χ3n) is 6.20. The van der Waals surface area contributed by atoms with Gasteiger partial charge in [0.25, 0.3) is 5.56 Å². The summed E-state index contributed by atoms with van der Waals surface area (Å²) in [5.41, 5.74) is 3.62. The Morgan fingerprint density at radius 1 is 1.03 bits per heavy atom. The minimum absolute atomic E-state index is 0.0566. The molecular formula is C26H25N3O4S. The lowest BCUT2D eigenvalue weighted by molar-refractivity contribution is -0.116. The Bertz CT molecular complexity index is 1330. The Hall–Kier alpha value is -3.52. The van der Waals surface area contributed by atoms with Crippen molar-refractivity contribution in [3.63, 3.8) is 0 Å². The predicted octanol–water partition coefficient (Wildman–Crippen LogP) is 4.64. The number of ether oxygens (including phenoxy) is 2. The topological polar surface area (TPSA) is 93.3 Å². The Labute approximate surface area is 201 Å². The van der Waals surface area contributed by atoms with Gasteiger partial charge >= 0.3 is 0 Å². The van der Waals surface area contributed by atoms with Gasteiger partial charge in [0.2, 0.25) is 0 Å². The van der Waals surface area contributed by atoms with Crippen molar-refractivity contribution in [3.05, 3.63) is 86.8 Å². The largest absolute Gasteiger partial charge is 0.493 e. The van der Waals surface area contributed by atoms with E-state index in [0.717, 1.165) is 29.7 Å². The normalized spacial score (nSPS) is 17.0. The number of hydrogen-bond donors (Lipinski definition) is 2. The number of allylic oxidation sites excluding steroid dienone is 2. The molecule has 0 spiro atoms. The molecule has 7 nitrogen and oxygen atoms in total. The Balaban J connectivity index is 1.59. The first-order chi connectivity index (χ1) is 16.6. The highest BCUT2D eigenvalue weighted by Gasteiger charge is 2.38. The maximum atomic E-state index is 13.4. The van der Waals surface area contributed by atoms with Crippen LogP contribution >= 0.6 is 11.8 Å². The van der Waals surface area contributed by atoms with Crippen LogP contribution in [0.15, 0.2) is 69.8 Å². The number of fused-ring (bicyclic) bond motifs is 1. The lowest BCUT2D eigenvalue weighted by Gasteiger charge is -2.33. The molecule has 8 heteroatoms. The van der Waals surface area contributed by atoms with Crippen molar-refractivity contribution in [2.75, 3.05) is 19.5 Å². The summed E-state index contributed by atoms with van der Waals surface area (Å²) in [6.07, 6.45) is 1.98. The molecule has 0 bridgehead atoms. The molecule has 0 saturated heterocycles. The van der Waals surface area contributed by atoms with Gasteiger partial charge in [-0.05, 0) is 36.1 Å². The van der Waals surface area contributed by atoms with E-state index in [1.54, 1.807) is 20.3 Å². The fraction of sp³-hybridized carbons (Fsp3) is 0.269. The second-order valence-electron chi connectivity index (χ2n) is 8.25. The quantitative estimate of drug-likeness (QED) is 0.396. The average Bonchev–Trinajstić information content (AvgIpc) is 2.86. The van der Waals surface area contributed by atoms with Crippen LogP contribution in [-0.2, 0) is 10.5 Å². The van der Waals surface area contributed by atoms with Crippen molar-refractivity contribution in [2.45, 2.75) is 36.1 Å². The number of H-pyrrole nitrogens is 1. The van der Waals surface area contributed by atoms with Crippen molar-refractivity contribution in [1.29, 1.82) is 0 Å². The second-order valence-corrected chi connectivity index (χ2v) is 9.21. The highest BCUT2D eigenvalue weighted by molar-refractivity contribution is 7.98. The van der Waals surface area contributed by atoms with E-state index in [0.29, 0.717) is 45.8 Å². The molecular weight excluding hydrogens is 450 g/mol. The number of carbonyl (C=O) groups excluding carboxylic acids is 1. The summed E-state index contributed by atoms with van der Waals surface area (Å²) in [5, 5.41) is 3.86. The molecule has 3 aromatic rings. The summed E-state index contributed by atoms with van der Waals surface area (Å²) >= 11 is 1.47. The van der Waals surface area contributed by atoms with Crippen molar-refractivity contribution < 1.29 is 14.3 Å². The molecule has 1 aliphatic heterocycles. The van der Waals surface area contributed by atoms with E-state index in [2.05, 4.69) is 10.3 Å². The van der Waals surface area contributed by atoms with Crippen LogP contribution in [0.5, 0.6) is 11.5 Å². The highest BCUT2D eigenvalue weighted by Crippen LogP contribution is 2.45. The number of methoxy groups -OCH3 is 2. The molecule has 0 saturated carbocycles. The molecule has 2 N–H and O–H groups in total. The van der Waals surface area contributed by atoms with Crippen LogP contribution in [0.2, 0.25) is 0 Å². The summed E-state index contributed by atoms with van der Waals surface area (Å²) < 4.78 is 10.9. The molecule has 1 aromatic heterocycles. The van der Waals surface area contributed by atoms with Crippen molar-refractivity contribution in [1.82, 2.24) is 9.97 Å². The van der Waals surface area contributed by atoms with Gasteiger partial charge in [0, 0.05) is 29.4 Å². The van der Waals surface area contributed by atoms with Gasteiger partial charge in [-0.25, -0.2) is 4.98 Å². The summed E-state index contributed by atoms with van der Waals surface area (Å²) in [4.78, 5) is 34.1. The Kier molecular flexibility index (Phi) is 6.15. The van der Waals surface area contributed by atoms with Gasteiger partial charge < -0.3 is 19.8 Å². The predicted molar refractivity (Wildman–Crippen MR) is 132 cm³/mol. The molecule has 0 radical (unpaired) electrons. The number of rotatable bonds is 6. The van der Waals surface area contributed by atoms with Gasteiger partial charge in [0.15, 0.2) is 22.4 Å². The van der Waals surface area contributed by atoms with E-state index in [9.17, 15) is 9.59 Å². The zero-order chi connectivity index (χ0) is 23.7. The van der Waals surface area contributed by atoms with Gasteiger partial charge in [-0.2, -0.15) is 0 Å². The second kappa shape index (κ2) is 9.38. The molecule has 1 atom stereocenters. The number of anilines is 1. The number of aromatic amines is 1. The van der Waals surface area contributed by atoms with Gasteiger partial charge in [-0.1, -0.05) is 48.2 Å². The van der Waals surface area contributed by atoms with E-state index < -0.39 is 5.92 Å². The molecule has 2 aromatic carbocycles. The zero-order valence-corrected chi connectivity index (χ0v) is 19.8. The van der Waals surface area contributed by atoms with Crippen LogP contribution in [0.1, 0.15) is 41.9 Å². The van der Waals surface area contributed by atoms with Crippen LogP contribution in [0, 0.1) is 0 Å². The van der Waals surface area contributed by atoms with Gasteiger partial charge in [0.1, 0.15) is 5.82 Å². The molecule has 2 aliphatic rings. The smallest absolute Gasteiger partial charge is 0.257 e. The van der Waals surface area contributed by atoms with Gasteiger partial charge in [-0.3, -0.25) is 9.59 Å². The fourth-order valence-corrected chi connectivity index (χ4v) is 5.42. The lowest BCUT2D eigenvalue weighted by Crippen LogP contribution is -2.32.